The Bertz CT molecular complexity index is 1140. The van der Waals surface area contributed by atoms with Crippen molar-refractivity contribution < 1.29 is 23.5 Å². The molecule has 35 heavy (non-hydrogen) atoms. The van der Waals surface area contributed by atoms with Gasteiger partial charge in [-0.15, -0.1) is 0 Å². The van der Waals surface area contributed by atoms with E-state index in [9.17, 15) is 4.79 Å². The van der Waals surface area contributed by atoms with E-state index in [1.54, 1.807) is 21.3 Å². The number of methoxy groups -OCH3 is 3. The van der Waals surface area contributed by atoms with Gasteiger partial charge in [0.1, 0.15) is 0 Å². The first-order valence-electron chi connectivity index (χ1n) is 11.7. The maximum absolute atomic E-state index is 13.0. The number of rotatable bonds is 9. The van der Waals surface area contributed by atoms with Crippen LogP contribution in [-0.2, 0) is 17.9 Å². The number of aromatic nitrogens is 2. The molecule has 0 saturated carbocycles. The van der Waals surface area contributed by atoms with E-state index in [4.69, 9.17) is 18.7 Å². The van der Waals surface area contributed by atoms with Crippen LogP contribution in [0.5, 0.6) is 17.2 Å². The number of likely N-dealkylation sites (tertiary alicyclic amines) is 1. The number of piperidine rings is 1. The molecule has 1 saturated heterocycles. The molecular weight excluding hydrogens is 448 g/mol. The van der Waals surface area contributed by atoms with Crippen LogP contribution in [0.15, 0.2) is 40.9 Å². The van der Waals surface area contributed by atoms with Gasteiger partial charge in [0.2, 0.25) is 23.4 Å². The van der Waals surface area contributed by atoms with Crippen LogP contribution in [0.25, 0.3) is 11.4 Å². The molecule has 1 unspecified atom stereocenters. The van der Waals surface area contributed by atoms with E-state index in [1.807, 2.05) is 43.3 Å². The van der Waals surface area contributed by atoms with E-state index in [2.05, 4.69) is 20.4 Å². The van der Waals surface area contributed by atoms with Crippen molar-refractivity contribution >= 4 is 5.91 Å². The van der Waals surface area contributed by atoms with Gasteiger partial charge in [0, 0.05) is 18.7 Å². The molecule has 1 N–H and O–H groups in total. The van der Waals surface area contributed by atoms with Crippen LogP contribution < -0.4 is 19.5 Å². The Morgan fingerprint density at radius 2 is 1.89 bits per heavy atom. The van der Waals surface area contributed by atoms with Crippen molar-refractivity contribution in [1.29, 1.82) is 0 Å². The minimum Gasteiger partial charge on any atom is -0.493 e. The number of carbonyl (C=O) groups is 1. The average molecular weight is 481 g/mol. The number of ether oxygens (including phenoxy) is 3. The zero-order chi connectivity index (χ0) is 24.8. The third kappa shape index (κ3) is 5.74. The fourth-order valence-electron chi connectivity index (χ4n) is 4.43. The molecule has 0 bridgehead atoms. The predicted molar refractivity (Wildman–Crippen MR) is 130 cm³/mol. The summed E-state index contributed by atoms with van der Waals surface area (Å²) in [5.74, 6) is 2.71. The van der Waals surface area contributed by atoms with Gasteiger partial charge in [0.25, 0.3) is 0 Å². The minimum atomic E-state index is -0.107. The van der Waals surface area contributed by atoms with Gasteiger partial charge in [-0.3, -0.25) is 9.69 Å². The Hall–Kier alpha value is -3.59. The van der Waals surface area contributed by atoms with Gasteiger partial charge in [-0.1, -0.05) is 29.4 Å². The smallest absolute Gasteiger partial charge is 0.241 e. The fourth-order valence-corrected chi connectivity index (χ4v) is 4.43. The van der Waals surface area contributed by atoms with Crippen LogP contribution in [0.3, 0.4) is 0 Å². The van der Waals surface area contributed by atoms with Crippen molar-refractivity contribution in [2.75, 3.05) is 34.4 Å². The largest absolute Gasteiger partial charge is 0.493 e. The minimum absolute atomic E-state index is 0.0228. The van der Waals surface area contributed by atoms with Crippen molar-refractivity contribution in [1.82, 2.24) is 20.4 Å². The highest BCUT2D eigenvalue weighted by atomic mass is 16.5. The van der Waals surface area contributed by atoms with Crippen molar-refractivity contribution in [3.8, 4) is 28.6 Å². The Kier molecular flexibility index (Phi) is 7.87. The second kappa shape index (κ2) is 11.2. The summed E-state index contributed by atoms with van der Waals surface area (Å²) in [5, 5.41) is 7.21. The van der Waals surface area contributed by atoms with Crippen molar-refractivity contribution in [3.63, 3.8) is 0 Å². The Morgan fingerprint density at radius 1 is 1.14 bits per heavy atom. The zero-order valence-corrected chi connectivity index (χ0v) is 20.7. The molecule has 4 rings (SSSR count). The predicted octanol–water partition coefficient (Wildman–Crippen LogP) is 3.60. The first-order valence-corrected chi connectivity index (χ1v) is 11.7. The van der Waals surface area contributed by atoms with Crippen molar-refractivity contribution in [2.45, 2.75) is 32.9 Å². The van der Waals surface area contributed by atoms with Gasteiger partial charge in [-0.25, -0.2) is 0 Å². The molecular formula is C26H32N4O5. The summed E-state index contributed by atoms with van der Waals surface area (Å²) in [4.78, 5) is 19.7. The molecule has 9 nitrogen and oxygen atoms in total. The maximum atomic E-state index is 13.0. The van der Waals surface area contributed by atoms with Crippen molar-refractivity contribution in [3.05, 3.63) is 53.4 Å². The van der Waals surface area contributed by atoms with E-state index in [-0.39, 0.29) is 11.8 Å². The highest BCUT2D eigenvalue weighted by Gasteiger charge is 2.27. The molecule has 0 radical (unpaired) electrons. The van der Waals surface area contributed by atoms with Crippen LogP contribution in [0, 0.1) is 12.8 Å². The number of benzene rings is 2. The van der Waals surface area contributed by atoms with Crippen LogP contribution in [0.2, 0.25) is 0 Å². The first-order chi connectivity index (χ1) is 17.0. The summed E-state index contributed by atoms with van der Waals surface area (Å²) < 4.78 is 21.7. The Balaban J connectivity index is 1.35. The molecule has 1 aromatic heterocycles. The monoisotopic (exact) mass is 480 g/mol. The van der Waals surface area contributed by atoms with E-state index in [0.29, 0.717) is 48.6 Å². The second-order valence-corrected chi connectivity index (χ2v) is 8.65. The summed E-state index contributed by atoms with van der Waals surface area (Å²) in [6, 6.07) is 11.6. The van der Waals surface area contributed by atoms with Gasteiger partial charge in [0.15, 0.2) is 11.5 Å². The lowest BCUT2D eigenvalue weighted by molar-refractivity contribution is -0.127. The number of nitrogens with one attached hydrogen (secondary N) is 1. The summed E-state index contributed by atoms with van der Waals surface area (Å²) in [6.07, 6.45) is 1.77. The topological polar surface area (TPSA) is 99.0 Å². The number of aryl methyl sites for hydroxylation is 1. The molecule has 3 aromatic rings. The van der Waals surface area contributed by atoms with Gasteiger partial charge >= 0.3 is 0 Å². The zero-order valence-electron chi connectivity index (χ0n) is 20.7. The molecule has 0 spiro atoms. The lowest BCUT2D eigenvalue weighted by atomic mass is 9.97. The maximum Gasteiger partial charge on any atom is 0.241 e. The molecule has 186 valence electrons. The summed E-state index contributed by atoms with van der Waals surface area (Å²) >= 11 is 0. The van der Waals surface area contributed by atoms with Crippen molar-refractivity contribution in [2.24, 2.45) is 5.92 Å². The van der Waals surface area contributed by atoms with E-state index in [0.717, 1.165) is 36.1 Å². The number of nitrogens with zero attached hydrogens (tertiary/aromatic N) is 3. The molecule has 9 heteroatoms. The number of hydrogen-bond donors (Lipinski definition) is 1. The molecule has 1 atom stereocenters. The van der Waals surface area contributed by atoms with Gasteiger partial charge in [0.05, 0.1) is 33.8 Å². The number of amides is 1. The number of carbonyl (C=O) groups excluding carboxylic acids is 1. The third-order valence-corrected chi connectivity index (χ3v) is 6.28. The van der Waals surface area contributed by atoms with Gasteiger partial charge < -0.3 is 24.1 Å². The van der Waals surface area contributed by atoms with E-state index >= 15 is 0 Å². The molecule has 1 fully saturated rings. The summed E-state index contributed by atoms with van der Waals surface area (Å²) in [5.41, 5.74) is 2.93. The molecule has 1 amide bonds. The Labute approximate surface area is 205 Å². The van der Waals surface area contributed by atoms with E-state index in [1.165, 1.54) is 0 Å². The molecule has 1 aliphatic heterocycles. The van der Waals surface area contributed by atoms with Crippen LogP contribution in [-0.4, -0.2) is 55.4 Å². The quantitative estimate of drug-likeness (QED) is 0.496. The molecule has 2 heterocycles. The van der Waals surface area contributed by atoms with Crippen LogP contribution in [0.4, 0.5) is 0 Å². The second-order valence-electron chi connectivity index (χ2n) is 8.65. The lowest BCUT2D eigenvalue weighted by Gasteiger charge is -2.30. The summed E-state index contributed by atoms with van der Waals surface area (Å²) in [7, 11) is 4.71. The SMILES string of the molecule is COc1cc(CNC(=O)C2CCCN(Cc3nc(-c4ccccc4C)no3)C2)cc(OC)c1OC. The lowest BCUT2D eigenvalue weighted by Crippen LogP contribution is -2.42. The van der Waals surface area contributed by atoms with Gasteiger partial charge in [-0.05, 0) is 49.6 Å². The Morgan fingerprint density at radius 3 is 2.57 bits per heavy atom. The normalized spacial score (nSPS) is 16.1. The summed E-state index contributed by atoms with van der Waals surface area (Å²) in [6.45, 7) is 4.45. The molecule has 0 aliphatic carbocycles. The van der Waals surface area contributed by atoms with Crippen LogP contribution in [0.1, 0.15) is 29.9 Å². The fraction of sp³-hybridized carbons (Fsp3) is 0.423. The molecule has 1 aliphatic rings. The third-order valence-electron chi connectivity index (χ3n) is 6.28. The van der Waals surface area contributed by atoms with Gasteiger partial charge in [-0.2, -0.15) is 4.98 Å². The highest BCUT2D eigenvalue weighted by molar-refractivity contribution is 5.79. The van der Waals surface area contributed by atoms with E-state index < -0.39 is 0 Å². The highest BCUT2D eigenvalue weighted by Crippen LogP contribution is 2.38. The number of hydrogen-bond acceptors (Lipinski definition) is 8. The average Bonchev–Trinajstić information content (AvgIpc) is 3.34. The molecule has 2 aromatic carbocycles. The standard InChI is InChI=1S/C26H32N4O5/c1-17-8-5-6-10-20(17)25-28-23(35-29-25)16-30-11-7-9-19(15-30)26(31)27-14-18-12-21(32-2)24(34-4)22(13-18)33-3/h5-6,8,10,12-13,19H,7,9,11,14-16H2,1-4H3,(H,27,31). The first kappa shape index (κ1) is 24.5. The van der Waals surface area contributed by atoms with Crippen LogP contribution >= 0.6 is 0 Å².